The Labute approximate surface area is 143 Å². The smallest absolute Gasteiger partial charge is 0.412 e. The monoisotopic (exact) mass is 327 g/mol. The van der Waals surface area contributed by atoms with Crippen molar-refractivity contribution in [2.24, 2.45) is 0 Å². The number of carbonyl (C=O) groups is 1. The van der Waals surface area contributed by atoms with E-state index in [1.165, 1.54) is 0 Å². The van der Waals surface area contributed by atoms with Crippen LogP contribution in [0.25, 0.3) is 11.1 Å². The van der Waals surface area contributed by atoms with Crippen LogP contribution in [0.2, 0.25) is 0 Å². The second-order valence-corrected chi connectivity index (χ2v) is 6.97. The fourth-order valence-corrected chi connectivity index (χ4v) is 2.69. The predicted molar refractivity (Wildman–Crippen MR) is 97.1 cm³/mol. The average molecular weight is 327 g/mol. The Morgan fingerprint density at radius 3 is 2.29 bits per heavy atom. The Kier molecular flexibility index (Phi) is 5.30. The van der Waals surface area contributed by atoms with Crippen molar-refractivity contribution in [1.82, 2.24) is 0 Å². The van der Waals surface area contributed by atoms with E-state index in [9.17, 15) is 9.90 Å². The van der Waals surface area contributed by atoms with Crippen molar-refractivity contribution in [1.29, 1.82) is 0 Å². The maximum Gasteiger partial charge on any atom is 0.412 e. The molecule has 0 radical (unpaired) electrons. The van der Waals surface area contributed by atoms with Crippen molar-refractivity contribution in [2.45, 2.75) is 46.8 Å². The Bertz CT molecular complexity index is 725. The first-order valence-corrected chi connectivity index (χ1v) is 8.01. The molecule has 0 atom stereocenters. The second kappa shape index (κ2) is 7.05. The van der Waals surface area contributed by atoms with E-state index in [-0.39, 0.29) is 6.61 Å². The maximum absolute atomic E-state index is 12.0. The fraction of sp³-hybridized carbons (Fsp3) is 0.350. The van der Waals surface area contributed by atoms with E-state index in [1.54, 1.807) is 6.07 Å². The number of hydrogen-bond donors (Lipinski definition) is 2. The Morgan fingerprint density at radius 1 is 1.12 bits per heavy atom. The summed E-state index contributed by atoms with van der Waals surface area (Å²) in [6.45, 7) is 9.46. The number of carbonyl (C=O) groups excluding carboxylic acids is 1. The van der Waals surface area contributed by atoms with Gasteiger partial charge in [-0.15, -0.1) is 0 Å². The molecule has 0 heterocycles. The Balaban J connectivity index is 2.40. The summed E-state index contributed by atoms with van der Waals surface area (Å²) < 4.78 is 5.30. The van der Waals surface area contributed by atoms with Gasteiger partial charge in [-0.3, -0.25) is 5.32 Å². The first-order chi connectivity index (χ1) is 11.2. The van der Waals surface area contributed by atoms with Gasteiger partial charge in [-0.2, -0.15) is 0 Å². The minimum atomic E-state index is -0.561. The van der Waals surface area contributed by atoms with Crippen molar-refractivity contribution in [3.63, 3.8) is 0 Å². The lowest BCUT2D eigenvalue weighted by atomic mass is 9.94. The van der Waals surface area contributed by atoms with Gasteiger partial charge >= 0.3 is 6.09 Å². The molecule has 24 heavy (non-hydrogen) atoms. The van der Waals surface area contributed by atoms with Gasteiger partial charge in [-0.1, -0.05) is 18.2 Å². The van der Waals surface area contributed by atoms with Gasteiger partial charge in [0.25, 0.3) is 0 Å². The fourth-order valence-electron chi connectivity index (χ4n) is 2.69. The summed E-state index contributed by atoms with van der Waals surface area (Å²) >= 11 is 0. The van der Waals surface area contributed by atoms with Crippen LogP contribution in [0.1, 0.15) is 37.5 Å². The summed E-state index contributed by atoms with van der Waals surface area (Å²) in [7, 11) is 0. The SMILES string of the molecule is Cc1cccc(C)c1-c1cc(CO)cc(NC(=O)OC(C)(C)C)c1. The van der Waals surface area contributed by atoms with Gasteiger partial charge in [0.15, 0.2) is 0 Å². The summed E-state index contributed by atoms with van der Waals surface area (Å²) in [5, 5.41) is 12.3. The molecule has 0 aliphatic carbocycles. The van der Waals surface area contributed by atoms with E-state index >= 15 is 0 Å². The van der Waals surface area contributed by atoms with Gasteiger partial charge < -0.3 is 9.84 Å². The molecular weight excluding hydrogens is 302 g/mol. The van der Waals surface area contributed by atoms with Crippen LogP contribution in [0.3, 0.4) is 0 Å². The molecule has 0 saturated carbocycles. The molecular formula is C20H25NO3. The molecule has 0 aromatic heterocycles. The van der Waals surface area contributed by atoms with Crippen molar-refractivity contribution in [2.75, 3.05) is 5.32 Å². The number of amides is 1. The summed E-state index contributed by atoms with van der Waals surface area (Å²) in [5.74, 6) is 0. The third-order valence-electron chi connectivity index (χ3n) is 3.59. The van der Waals surface area contributed by atoms with Crippen LogP contribution in [0.4, 0.5) is 10.5 Å². The molecule has 4 nitrogen and oxygen atoms in total. The molecule has 2 aromatic rings. The zero-order valence-corrected chi connectivity index (χ0v) is 14.9. The van der Waals surface area contributed by atoms with Crippen molar-refractivity contribution >= 4 is 11.8 Å². The molecule has 4 heteroatoms. The minimum Gasteiger partial charge on any atom is -0.444 e. The number of benzene rings is 2. The molecule has 0 spiro atoms. The minimum absolute atomic E-state index is 0.0955. The zero-order valence-electron chi connectivity index (χ0n) is 14.9. The highest BCUT2D eigenvalue weighted by atomic mass is 16.6. The molecule has 1 amide bonds. The van der Waals surface area contributed by atoms with Crippen molar-refractivity contribution in [3.8, 4) is 11.1 Å². The summed E-state index contributed by atoms with van der Waals surface area (Å²) in [4.78, 5) is 12.0. The van der Waals surface area contributed by atoms with E-state index < -0.39 is 11.7 Å². The first-order valence-electron chi connectivity index (χ1n) is 8.01. The first kappa shape index (κ1) is 18.0. The molecule has 0 aliphatic rings. The molecule has 0 saturated heterocycles. The Morgan fingerprint density at radius 2 is 1.75 bits per heavy atom. The van der Waals surface area contributed by atoms with Crippen molar-refractivity contribution < 1.29 is 14.6 Å². The van der Waals surface area contributed by atoms with Crippen LogP contribution in [-0.2, 0) is 11.3 Å². The number of nitrogens with one attached hydrogen (secondary N) is 1. The molecule has 2 aromatic carbocycles. The van der Waals surface area contributed by atoms with Crippen LogP contribution >= 0.6 is 0 Å². The summed E-state index contributed by atoms with van der Waals surface area (Å²) in [5.41, 5.74) is 5.15. The quantitative estimate of drug-likeness (QED) is 0.850. The lowest BCUT2D eigenvalue weighted by molar-refractivity contribution is 0.0636. The van der Waals surface area contributed by atoms with Gasteiger partial charge in [-0.05, 0) is 80.6 Å². The second-order valence-electron chi connectivity index (χ2n) is 6.97. The highest BCUT2D eigenvalue weighted by Crippen LogP contribution is 2.30. The molecule has 0 unspecified atom stereocenters. The molecule has 128 valence electrons. The highest BCUT2D eigenvalue weighted by molar-refractivity contribution is 5.87. The van der Waals surface area contributed by atoms with E-state index in [0.717, 1.165) is 27.8 Å². The standard InChI is InChI=1S/C20H25NO3/c1-13-7-6-8-14(2)18(13)16-9-15(12-22)10-17(11-16)21-19(23)24-20(3,4)5/h6-11,22H,12H2,1-5H3,(H,21,23). The van der Waals surface area contributed by atoms with Crippen LogP contribution < -0.4 is 5.32 Å². The van der Waals surface area contributed by atoms with Gasteiger partial charge in [-0.25, -0.2) is 4.79 Å². The van der Waals surface area contributed by atoms with Gasteiger partial charge in [0, 0.05) is 5.69 Å². The van der Waals surface area contributed by atoms with Gasteiger partial charge in [0.1, 0.15) is 5.60 Å². The Hall–Kier alpha value is -2.33. The van der Waals surface area contributed by atoms with Crippen LogP contribution in [0, 0.1) is 13.8 Å². The number of aliphatic hydroxyl groups excluding tert-OH is 1. The van der Waals surface area contributed by atoms with E-state index in [4.69, 9.17) is 4.74 Å². The van der Waals surface area contributed by atoms with Gasteiger partial charge in [0.05, 0.1) is 6.61 Å². The normalized spacial score (nSPS) is 11.2. The highest BCUT2D eigenvalue weighted by Gasteiger charge is 2.17. The van der Waals surface area contributed by atoms with E-state index in [1.807, 2.05) is 39.0 Å². The lowest BCUT2D eigenvalue weighted by Gasteiger charge is -2.20. The number of ether oxygens (including phenoxy) is 1. The third-order valence-corrected chi connectivity index (χ3v) is 3.59. The predicted octanol–water partition coefficient (Wildman–Crippen LogP) is 4.81. The number of aliphatic hydroxyl groups is 1. The molecule has 0 aliphatic heterocycles. The average Bonchev–Trinajstić information content (AvgIpc) is 2.44. The summed E-state index contributed by atoms with van der Waals surface area (Å²) in [6.07, 6.45) is -0.509. The molecule has 0 bridgehead atoms. The molecule has 2 rings (SSSR count). The lowest BCUT2D eigenvalue weighted by Crippen LogP contribution is -2.27. The number of rotatable bonds is 3. The van der Waals surface area contributed by atoms with Crippen molar-refractivity contribution in [3.05, 3.63) is 53.1 Å². The largest absolute Gasteiger partial charge is 0.444 e. The number of hydrogen-bond acceptors (Lipinski definition) is 3. The number of anilines is 1. The van der Waals surface area contributed by atoms with E-state index in [0.29, 0.717) is 5.69 Å². The maximum atomic E-state index is 12.0. The van der Waals surface area contributed by atoms with Crippen LogP contribution in [0.5, 0.6) is 0 Å². The van der Waals surface area contributed by atoms with Gasteiger partial charge in [0.2, 0.25) is 0 Å². The summed E-state index contributed by atoms with van der Waals surface area (Å²) in [6, 6.07) is 11.7. The molecule has 2 N–H and O–H groups in total. The third kappa shape index (κ3) is 4.59. The van der Waals surface area contributed by atoms with E-state index in [2.05, 4.69) is 31.3 Å². The van der Waals surface area contributed by atoms with Crippen LogP contribution in [-0.4, -0.2) is 16.8 Å². The van der Waals surface area contributed by atoms with Crippen LogP contribution in [0.15, 0.2) is 36.4 Å². The zero-order chi connectivity index (χ0) is 17.9. The number of aryl methyl sites for hydroxylation is 2. The topological polar surface area (TPSA) is 58.6 Å². The molecule has 0 fully saturated rings.